The summed E-state index contributed by atoms with van der Waals surface area (Å²) in [7, 11) is 1.57. The van der Waals surface area contributed by atoms with E-state index in [1.54, 1.807) is 19.2 Å². The third-order valence-electron chi connectivity index (χ3n) is 5.44. The molecule has 2 heterocycles. The molecular weight excluding hydrogens is 470 g/mol. The Morgan fingerprint density at radius 2 is 1.97 bits per heavy atom. The fourth-order valence-electron chi connectivity index (χ4n) is 3.79. The molecule has 2 aromatic carbocycles. The number of hydrogen-bond donors (Lipinski definition) is 0. The lowest BCUT2D eigenvalue weighted by molar-refractivity contribution is -0.396. The Morgan fingerprint density at radius 1 is 1.21 bits per heavy atom. The van der Waals surface area contributed by atoms with Gasteiger partial charge in [0.05, 0.1) is 52.5 Å². The van der Waals surface area contributed by atoms with E-state index < -0.39 is 51.0 Å². The number of fused-ring (bicyclic) bond motifs is 2. The number of thioether (sulfide) groups is 1. The van der Waals surface area contributed by atoms with Crippen LogP contribution in [0.15, 0.2) is 52.5 Å². The van der Waals surface area contributed by atoms with Crippen molar-refractivity contribution in [3.63, 3.8) is 0 Å². The molecule has 0 amide bonds. The van der Waals surface area contributed by atoms with Gasteiger partial charge in [-0.05, 0) is 29.3 Å². The number of non-ortho nitro benzene ring substituents is 1. The fraction of sp³-hybridized carbons (Fsp3) is 0.400. The lowest BCUT2D eigenvalue weighted by Crippen LogP contribution is -2.52. The minimum Gasteiger partial charge on any atom is -0.497 e. The Hall–Kier alpha value is -3.42. The molecule has 0 saturated carbocycles. The van der Waals surface area contributed by atoms with Crippen LogP contribution < -0.4 is 4.74 Å². The van der Waals surface area contributed by atoms with Crippen LogP contribution in [0.2, 0.25) is 0 Å². The van der Waals surface area contributed by atoms with Crippen molar-refractivity contribution < 1.29 is 28.8 Å². The van der Waals surface area contributed by atoms with Gasteiger partial charge < -0.3 is 18.9 Å². The van der Waals surface area contributed by atoms with Crippen LogP contribution in [0, 0.1) is 20.2 Å². The van der Waals surface area contributed by atoms with E-state index in [9.17, 15) is 20.2 Å². The standard InChI is InChI=1S/C20H19N5O8S/c1-30-13-5-2-11(3-6-13)9-31-18-15-10-32-20(33-15)17(22-23-21)19(18)34-16-7-4-12(24(26)27)8-14(16)25(28)29/h2-8,15,17-20H,9-10H2,1H3/t15-,17-,18+,19-,20-/m1/s1. The molecule has 14 heteroatoms. The number of nitrogens with zero attached hydrogens (tertiary/aromatic N) is 5. The average molecular weight is 489 g/mol. The summed E-state index contributed by atoms with van der Waals surface area (Å²) in [6.07, 6.45) is -1.95. The first-order valence-electron chi connectivity index (χ1n) is 10.1. The quantitative estimate of drug-likeness (QED) is 0.166. The molecule has 13 nitrogen and oxygen atoms in total. The van der Waals surface area contributed by atoms with Gasteiger partial charge in [-0.25, -0.2) is 0 Å². The topological polar surface area (TPSA) is 172 Å². The maximum absolute atomic E-state index is 11.6. The van der Waals surface area contributed by atoms with E-state index in [0.29, 0.717) is 5.75 Å². The van der Waals surface area contributed by atoms with Crippen LogP contribution in [0.25, 0.3) is 10.4 Å². The first-order chi connectivity index (χ1) is 16.4. The Kier molecular flexibility index (Phi) is 7.14. The number of nitro groups is 2. The molecule has 0 unspecified atom stereocenters. The first-order valence-corrected chi connectivity index (χ1v) is 10.9. The fourth-order valence-corrected chi connectivity index (χ4v) is 5.20. The second-order valence-corrected chi connectivity index (χ2v) is 8.66. The number of rotatable bonds is 9. The smallest absolute Gasteiger partial charge is 0.289 e. The Bertz CT molecular complexity index is 1130. The van der Waals surface area contributed by atoms with E-state index in [1.165, 1.54) is 12.1 Å². The molecule has 5 atom stereocenters. The van der Waals surface area contributed by atoms with Gasteiger partial charge in [0.2, 0.25) is 0 Å². The third kappa shape index (κ3) is 4.90. The van der Waals surface area contributed by atoms with E-state index in [1.807, 2.05) is 12.1 Å². The van der Waals surface area contributed by atoms with Gasteiger partial charge in [0.25, 0.3) is 11.4 Å². The summed E-state index contributed by atoms with van der Waals surface area (Å²) in [6.45, 7) is 0.399. The number of benzene rings is 2. The normalized spacial score (nSPS) is 25.4. The zero-order chi connectivity index (χ0) is 24.2. The van der Waals surface area contributed by atoms with E-state index in [0.717, 1.165) is 23.4 Å². The molecule has 0 aliphatic carbocycles. The zero-order valence-corrected chi connectivity index (χ0v) is 18.6. The van der Waals surface area contributed by atoms with Crippen LogP contribution >= 0.6 is 11.8 Å². The summed E-state index contributed by atoms with van der Waals surface area (Å²) in [4.78, 5) is 24.4. The van der Waals surface area contributed by atoms with Crippen molar-refractivity contribution in [1.29, 1.82) is 0 Å². The van der Waals surface area contributed by atoms with Crippen molar-refractivity contribution in [2.75, 3.05) is 13.7 Å². The predicted octanol–water partition coefficient (Wildman–Crippen LogP) is 3.99. The van der Waals surface area contributed by atoms with Crippen LogP contribution in [0.4, 0.5) is 11.4 Å². The average Bonchev–Trinajstić information content (AvgIpc) is 3.27. The molecule has 4 rings (SSSR count). The molecular formula is C20H19N5O8S. The van der Waals surface area contributed by atoms with Crippen molar-refractivity contribution in [3.8, 4) is 5.75 Å². The monoisotopic (exact) mass is 489 g/mol. The number of nitro benzene ring substituents is 2. The highest BCUT2D eigenvalue weighted by Crippen LogP contribution is 2.44. The zero-order valence-electron chi connectivity index (χ0n) is 17.8. The molecule has 2 aromatic rings. The lowest BCUT2D eigenvalue weighted by Gasteiger charge is -2.38. The van der Waals surface area contributed by atoms with Gasteiger partial charge in [-0.15, -0.1) is 11.8 Å². The molecule has 2 fully saturated rings. The van der Waals surface area contributed by atoms with Crippen LogP contribution in [-0.4, -0.2) is 53.4 Å². The van der Waals surface area contributed by atoms with E-state index >= 15 is 0 Å². The van der Waals surface area contributed by atoms with Gasteiger partial charge >= 0.3 is 0 Å². The Labute approximate surface area is 196 Å². The number of hydrogen-bond acceptors (Lipinski definition) is 10. The van der Waals surface area contributed by atoms with E-state index in [4.69, 9.17) is 24.5 Å². The summed E-state index contributed by atoms with van der Waals surface area (Å²) in [5.74, 6) is 0.694. The minimum absolute atomic E-state index is 0.179. The highest BCUT2D eigenvalue weighted by molar-refractivity contribution is 8.00. The first kappa shape index (κ1) is 23.7. The second-order valence-electron chi connectivity index (χ2n) is 7.44. The molecule has 2 aliphatic heterocycles. The molecule has 0 radical (unpaired) electrons. The summed E-state index contributed by atoms with van der Waals surface area (Å²) < 4.78 is 22.8. The van der Waals surface area contributed by atoms with Gasteiger partial charge in [0, 0.05) is 11.0 Å². The Balaban J connectivity index is 1.63. The molecule has 2 saturated heterocycles. The molecule has 0 spiro atoms. The molecule has 0 aromatic heterocycles. The second kappa shape index (κ2) is 10.2. The van der Waals surface area contributed by atoms with Crippen LogP contribution in [0.1, 0.15) is 5.56 Å². The molecule has 0 N–H and O–H groups in total. The van der Waals surface area contributed by atoms with E-state index in [2.05, 4.69) is 10.0 Å². The van der Waals surface area contributed by atoms with Crippen LogP contribution in [0.5, 0.6) is 5.75 Å². The van der Waals surface area contributed by atoms with Gasteiger partial charge in [0.15, 0.2) is 6.29 Å². The van der Waals surface area contributed by atoms with Gasteiger partial charge in [-0.2, -0.15) is 0 Å². The van der Waals surface area contributed by atoms with Gasteiger partial charge in [-0.1, -0.05) is 17.2 Å². The Morgan fingerprint density at radius 3 is 2.62 bits per heavy atom. The number of ether oxygens (including phenoxy) is 4. The lowest BCUT2D eigenvalue weighted by atomic mass is 10.0. The molecule has 34 heavy (non-hydrogen) atoms. The number of azide groups is 1. The summed E-state index contributed by atoms with van der Waals surface area (Å²) in [5.41, 5.74) is 9.15. The van der Waals surface area contributed by atoms with Crippen molar-refractivity contribution in [2.45, 2.75) is 41.3 Å². The van der Waals surface area contributed by atoms with Gasteiger partial charge in [0.1, 0.15) is 17.9 Å². The molecule has 178 valence electrons. The minimum atomic E-state index is -0.843. The highest BCUT2D eigenvalue weighted by atomic mass is 32.2. The predicted molar refractivity (Wildman–Crippen MR) is 119 cm³/mol. The van der Waals surface area contributed by atoms with Crippen molar-refractivity contribution in [1.82, 2.24) is 0 Å². The van der Waals surface area contributed by atoms with Gasteiger partial charge in [-0.3, -0.25) is 20.2 Å². The van der Waals surface area contributed by atoms with Crippen LogP contribution in [0.3, 0.4) is 0 Å². The maximum atomic E-state index is 11.6. The maximum Gasteiger partial charge on any atom is 0.289 e. The number of methoxy groups -OCH3 is 1. The molecule has 2 bridgehead atoms. The SMILES string of the molecule is COc1ccc(CO[C@@H]2[C@H](Sc3ccc([N+](=O)[O-])cc3[N+](=O)[O-])[C@@H](N=[N+]=[N-])[C@@H]3OC[C@H]2O3)cc1. The summed E-state index contributed by atoms with van der Waals surface area (Å²) in [5, 5.41) is 25.9. The van der Waals surface area contributed by atoms with Crippen LogP contribution in [-0.2, 0) is 20.8 Å². The summed E-state index contributed by atoms with van der Waals surface area (Å²) in [6, 6.07) is 9.82. The van der Waals surface area contributed by atoms with E-state index in [-0.39, 0.29) is 18.1 Å². The summed E-state index contributed by atoms with van der Waals surface area (Å²) >= 11 is 1.05. The highest BCUT2D eigenvalue weighted by Gasteiger charge is 2.52. The van der Waals surface area contributed by atoms with Crippen molar-refractivity contribution in [2.24, 2.45) is 5.11 Å². The largest absolute Gasteiger partial charge is 0.497 e. The third-order valence-corrected chi connectivity index (χ3v) is 6.86. The van der Waals surface area contributed by atoms with Crippen molar-refractivity contribution in [3.05, 3.63) is 78.7 Å². The van der Waals surface area contributed by atoms with Crippen molar-refractivity contribution >= 4 is 23.1 Å². The molecule has 2 aliphatic rings.